The average molecular weight is 384 g/mol. The lowest BCUT2D eigenvalue weighted by Gasteiger charge is -2.25. The maximum atomic E-state index is 12.9. The van der Waals surface area contributed by atoms with Crippen molar-refractivity contribution in [2.24, 2.45) is 0 Å². The summed E-state index contributed by atoms with van der Waals surface area (Å²) in [6, 6.07) is 11.4. The van der Waals surface area contributed by atoms with Gasteiger partial charge in [-0.25, -0.2) is 0 Å². The number of benzene rings is 1. The van der Waals surface area contributed by atoms with Crippen molar-refractivity contribution in [3.63, 3.8) is 0 Å². The first-order chi connectivity index (χ1) is 13.5. The summed E-state index contributed by atoms with van der Waals surface area (Å²) in [6.45, 7) is 5.29. The van der Waals surface area contributed by atoms with Gasteiger partial charge in [-0.15, -0.1) is 0 Å². The minimum absolute atomic E-state index is 0.0301. The third-order valence-corrected chi connectivity index (χ3v) is 5.11. The summed E-state index contributed by atoms with van der Waals surface area (Å²) in [4.78, 5) is 27.1. The predicted molar refractivity (Wildman–Crippen MR) is 106 cm³/mol. The quantitative estimate of drug-likeness (QED) is 0.756. The Bertz CT molecular complexity index is 781. The number of aryl methyl sites for hydroxylation is 1. The Morgan fingerprint density at radius 3 is 2.68 bits per heavy atom. The number of furan rings is 1. The molecule has 6 nitrogen and oxygen atoms in total. The van der Waals surface area contributed by atoms with Crippen LogP contribution in [0.2, 0.25) is 0 Å². The zero-order valence-electron chi connectivity index (χ0n) is 16.5. The second-order valence-electron chi connectivity index (χ2n) is 7.23. The highest BCUT2D eigenvalue weighted by Gasteiger charge is 2.25. The lowest BCUT2D eigenvalue weighted by atomic mass is 10.1. The molecule has 28 heavy (non-hydrogen) atoms. The first-order valence-electron chi connectivity index (χ1n) is 9.84. The van der Waals surface area contributed by atoms with Gasteiger partial charge in [0.15, 0.2) is 0 Å². The molecule has 2 amide bonds. The van der Waals surface area contributed by atoms with Crippen LogP contribution in [0.25, 0.3) is 0 Å². The van der Waals surface area contributed by atoms with Gasteiger partial charge in [-0.3, -0.25) is 9.59 Å². The Morgan fingerprint density at radius 1 is 1.25 bits per heavy atom. The van der Waals surface area contributed by atoms with E-state index in [1.54, 1.807) is 17.9 Å². The maximum absolute atomic E-state index is 12.9. The van der Waals surface area contributed by atoms with Gasteiger partial charge in [0.2, 0.25) is 5.91 Å². The average Bonchev–Trinajstić information content (AvgIpc) is 3.36. The van der Waals surface area contributed by atoms with Crippen molar-refractivity contribution in [2.45, 2.75) is 45.3 Å². The van der Waals surface area contributed by atoms with Crippen LogP contribution < -0.4 is 5.32 Å². The van der Waals surface area contributed by atoms with Crippen LogP contribution in [-0.4, -0.2) is 42.5 Å². The van der Waals surface area contributed by atoms with Crippen LogP contribution in [0.4, 0.5) is 0 Å². The third-order valence-electron chi connectivity index (χ3n) is 5.11. The topological polar surface area (TPSA) is 71.8 Å². The maximum Gasteiger partial charge on any atom is 0.257 e. The molecule has 0 spiro atoms. The van der Waals surface area contributed by atoms with Crippen molar-refractivity contribution in [1.82, 2.24) is 10.2 Å². The minimum Gasteiger partial charge on any atom is -0.469 e. The Hall–Kier alpha value is -2.60. The first-order valence-corrected chi connectivity index (χ1v) is 9.84. The highest BCUT2D eigenvalue weighted by atomic mass is 16.5. The van der Waals surface area contributed by atoms with E-state index in [2.05, 4.69) is 5.32 Å². The molecule has 0 saturated carbocycles. The Balaban J connectivity index is 1.59. The molecule has 2 unspecified atom stereocenters. The van der Waals surface area contributed by atoms with E-state index in [1.807, 2.05) is 37.3 Å². The molecule has 1 saturated heterocycles. The largest absolute Gasteiger partial charge is 0.469 e. The molecular formula is C22H28N2O4. The Kier molecular flexibility index (Phi) is 6.87. The first kappa shape index (κ1) is 20.1. The standard InChI is InChI=1S/C22H28N2O4/c1-16(18-7-4-3-5-8-18)23-21(25)10-12-24(15-19-9-6-13-28-19)22(26)20-11-14-27-17(20)2/h3-5,7-8,11,14,16,19H,6,9-10,12-13,15H2,1-2H3,(H,23,25). The summed E-state index contributed by atoms with van der Waals surface area (Å²) in [5, 5.41) is 3.00. The van der Waals surface area contributed by atoms with Gasteiger partial charge in [0, 0.05) is 26.1 Å². The normalized spacial score (nSPS) is 17.3. The predicted octanol–water partition coefficient (Wildman–Crippen LogP) is 3.48. The van der Waals surface area contributed by atoms with Gasteiger partial charge in [0.05, 0.1) is 24.0 Å². The van der Waals surface area contributed by atoms with Crippen LogP contribution in [0.3, 0.4) is 0 Å². The Labute approximate surface area is 165 Å². The number of carbonyl (C=O) groups is 2. The van der Waals surface area contributed by atoms with Crippen molar-refractivity contribution in [3.05, 3.63) is 59.5 Å². The zero-order chi connectivity index (χ0) is 19.9. The van der Waals surface area contributed by atoms with Crippen molar-refractivity contribution in [2.75, 3.05) is 19.7 Å². The molecule has 1 aromatic carbocycles. The van der Waals surface area contributed by atoms with Crippen LogP contribution in [0.15, 0.2) is 47.1 Å². The van der Waals surface area contributed by atoms with E-state index in [4.69, 9.17) is 9.15 Å². The molecule has 1 aliphatic heterocycles. The summed E-state index contributed by atoms with van der Waals surface area (Å²) in [5.41, 5.74) is 1.59. The molecule has 2 heterocycles. The molecule has 150 valence electrons. The summed E-state index contributed by atoms with van der Waals surface area (Å²) in [6.07, 6.45) is 3.73. The van der Waals surface area contributed by atoms with E-state index in [1.165, 1.54) is 6.26 Å². The Morgan fingerprint density at radius 2 is 2.04 bits per heavy atom. The molecular weight excluding hydrogens is 356 g/mol. The fraction of sp³-hybridized carbons (Fsp3) is 0.455. The number of hydrogen-bond donors (Lipinski definition) is 1. The van der Waals surface area contributed by atoms with E-state index in [9.17, 15) is 9.59 Å². The van der Waals surface area contributed by atoms with Crippen LogP contribution in [0.1, 0.15) is 53.9 Å². The van der Waals surface area contributed by atoms with E-state index in [0.717, 1.165) is 25.0 Å². The van der Waals surface area contributed by atoms with Crippen molar-refractivity contribution >= 4 is 11.8 Å². The van der Waals surface area contributed by atoms with Gasteiger partial charge < -0.3 is 19.4 Å². The number of rotatable bonds is 8. The number of hydrogen-bond acceptors (Lipinski definition) is 4. The lowest BCUT2D eigenvalue weighted by molar-refractivity contribution is -0.122. The zero-order valence-corrected chi connectivity index (χ0v) is 16.5. The summed E-state index contributed by atoms with van der Waals surface area (Å²) >= 11 is 0. The second-order valence-corrected chi connectivity index (χ2v) is 7.23. The molecule has 1 N–H and O–H groups in total. The number of ether oxygens (including phenoxy) is 1. The minimum atomic E-state index is -0.120. The van der Waals surface area contributed by atoms with E-state index < -0.39 is 0 Å². The summed E-state index contributed by atoms with van der Waals surface area (Å²) in [7, 11) is 0. The van der Waals surface area contributed by atoms with Crippen molar-refractivity contribution < 1.29 is 18.7 Å². The SMILES string of the molecule is Cc1occc1C(=O)N(CCC(=O)NC(C)c1ccccc1)CC1CCCO1. The molecule has 2 atom stereocenters. The van der Waals surface area contributed by atoms with Gasteiger partial charge in [0.1, 0.15) is 5.76 Å². The second kappa shape index (κ2) is 9.55. The summed E-state index contributed by atoms with van der Waals surface area (Å²) in [5.74, 6) is 0.389. The fourth-order valence-corrected chi connectivity index (χ4v) is 3.46. The molecule has 0 aliphatic carbocycles. The van der Waals surface area contributed by atoms with Crippen molar-refractivity contribution in [3.8, 4) is 0 Å². The van der Waals surface area contributed by atoms with E-state index in [0.29, 0.717) is 24.4 Å². The van der Waals surface area contributed by atoms with Gasteiger partial charge >= 0.3 is 0 Å². The molecule has 3 rings (SSSR count). The molecule has 6 heteroatoms. The molecule has 1 fully saturated rings. The van der Waals surface area contributed by atoms with Gasteiger partial charge in [-0.1, -0.05) is 30.3 Å². The van der Waals surface area contributed by atoms with Gasteiger partial charge in [-0.2, -0.15) is 0 Å². The molecule has 1 aromatic heterocycles. The highest BCUT2D eigenvalue weighted by molar-refractivity contribution is 5.95. The van der Waals surface area contributed by atoms with Crippen molar-refractivity contribution in [1.29, 1.82) is 0 Å². The lowest BCUT2D eigenvalue weighted by Crippen LogP contribution is -2.40. The number of carbonyl (C=O) groups excluding carboxylic acids is 2. The van der Waals surface area contributed by atoms with Crippen LogP contribution in [0.5, 0.6) is 0 Å². The molecule has 0 bridgehead atoms. The van der Waals surface area contributed by atoms with E-state index in [-0.39, 0.29) is 30.4 Å². The summed E-state index contributed by atoms with van der Waals surface area (Å²) < 4.78 is 11.0. The molecule has 2 aromatic rings. The van der Waals surface area contributed by atoms with Crippen LogP contribution >= 0.6 is 0 Å². The number of nitrogens with zero attached hydrogens (tertiary/aromatic N) is 1. The van der Waals surface area contributed by atoms with Crippen LogP contribution in [0, 0.1) is 6.92 Å². The molecule has 1 aliphatic rings. The number of amides is 2. The van der Waals surface area contributed by atoms with Gasteiger partial charge in [0.25, 0.3) is 5.91 Å². The third kappa shape index (κ3) is 5.23. The molecule has 0 radical (unpaired) electrons. The van der Waals surface area contributed by atoms with Gasteiger partial charge in [-0.05, 0) is 38.3 Å². The monoisotopic (exact) mass is 384 g/mol. The highest BCUT2D eigenvalue weighted by Crippen LogP contribution is 2.18. The smallest absolute Gasteiger partial charge is 0.257 e. The van der Waals surface area contributed by atoms with E-state index >= 15 is 0 Å². The number of nitrogens with one attached hydrogen (secondary N) is 1. The fourth-order valence-electron chi connectivity index (χ4n) is 3.46. The van der Waals surface area contributed by atoms with Crippen LogP contribution in [-0.2, 0) is 9.53 Å².